The zero-order chi connectivity index (χ0) is 29.1. The molecule has 11 heteroatoms. The minimum absolute atomic E-state index is 0.0111. The number of sulfonamides is 2. The molecule has 0 radical (unpaired) electrons. The van der Waals surface area contributed by atoms with Crippen LogP contribution in [0.1, 0.15) is 16.7 Å². The molecular weight excluding hydrogens is 553 g/mol. The molecule has 4 rings (SSSR count). The van der Waals surface area contributed by atoms with E-state index in [4.69, 9.17) is 0 Å². The van der Waals surface area contributed by atoms with Crippen molar-refractivity contribution in [3.8, 4) is 0 Å². The summed E-state index contributed by atoms with van der Waals surface area (Å²) in [5.41, 5.74) is 3.28. The highest BCUT2D eigenvalue weighted by Gasteiger charge is 2.27. The average molecular weight is 582 g/mol. The van der Waals surface area contributed by atoms with Crippen molar-refractivity contribution in [2.75, 3.05) is 20.9 Å². The maximum Gasteiger partial charge on any atom is 0.264 e. The summed E-state index contributed by atoms with van der Waals surface area (Å²) < 4.78 is 69.8. The highest BCUT2D eigenvalue weighted by atomic mass is 32.2. The molecule has 0 aliphatic carbocycles. The van der Waals surface area contributed by atoms with Gasteiger partial charge in [0.05, 0.1) is 21.2 Å². The topological polar surface area (TPSA) is 113 Å². The second-order valence-electron chi connectivity index (χ2n) is 9.25. The lowest BCUT2D eigenvalue weighted by molar-refractivity contribution is -0.114. The lowest BCUT2D eigenvalue weighted by Crippen LogP contribution is -2.38. The molecule has 2 N–H and O–H groups in total. The van der Waals surface area contributed by atoms with Crippen molar-refractivity contribution in [3.63, 3.8) is 0 Å². The molecule has 0 atom stereocenters. The number of amides is 1. The van der Waals surface area contributed by atoms with Crippen LogP contribution in [0.5, 0.6) is 0 Å². The van der Waals surface area contributed by atoms with Crippen LogP contribution in [0, 0.1) is 26.6 Å². The van der Waals surface area contributed by atoms with Crippen LogP contribution in [0.25, 0.3) is 0 Å². The van der Waals surface area contributed by atoms with E-state index in [0.29, 0.717) is 5.69 Å². The number of nitrogens with zero attached hydrogens (tertiary/aromatic N) is 1. The molecule has 0 unspecified atom stereocenters. The maximum atomic E-state index is 13.5. The molecule has 0 aliphatic rings. The summed E-state index contributed by atoms with van der Waals surface area (Å²) >= 11 is 0. The summed E-state index contributed by atoms with van der Waals surface area (Å²) in [6, 6.07) is 21.9. The second kappa shape index (κ2) is 11.5. The van der Waals surface area contributed by atoms with Gasteiger partial charge in [-0.25, -0.2) is 21.2 Å². The Balaban J connectivity index is 1.54. The highest BCUT2D eigenvalue weighted by molar-refractivity contribution is 7.93. The molecule has 0 aromatic heterocycles. The Morgan fingerprint density at radius 1 is 0.750 bits per heavy atom. The van der Waals surface area contributed by atoms with Gasteiger partial charge in [0.15, 0.2) is 0 Å². The standard InChI is InChI=1S/C29H28FN3O5S2/c1-20-7-15-27(16-8-20)40(37,38)33(25-13-9-23(30)10-14-25)19-28(34)31-24-11-17-26(18-12-24)39(35,36)32-29-21(2)5-4-6-22(29)3/h4-18,32H,19H2,1-3H3,(H,31,34). The van der Waals surface area contributed by atoms with E-state index in [1.807, 2.05) is 13.0 Å². The smallest absolute Gasteiger partial charge is 0.264 e. The number of para-hydroxylation sites is 1. The maximum absolute atomic E-state index is 13.5. The van der Waals surface area contributed by atoms with Gasteiger partial charge in [0.1, 0.15) is 12.4 Å². The van der Waals surface area contributed by atoms with Crippen LogP contribution in [-0.2, 0) is 24.8 Å². The van der Waals surface area contributed by atoms with Crippen LogP contribution in [-0.4, -0.2) is 29.3 Å². The fraction of sp³-hybridized carbons (Fsp3) is 0.138. The lowest BCUT2D eigenvalue weighted by atomic mass is 10.1. The Hall–Kier alpha value is -4.22. The van der Waals surface area contributed by atoms with Crippen LogP contribution in [0.15, 0.2) is 101 Å². The Labute approximate surface area is 233 Å². The van der Waals surface area contributed by atoms with Crippen LogP contribution in [0.2, 0.25) is 0 Å². The first-order valence-corrected chi connectivity index (χ1v) is 15.1. The monoisotopic (exact) mass is 581 g/mol. The van der Waals surface area contributed by atoms with Gasteiger partial charge in [0.25, 0.3) is 20.0 Å². The number of nitrogens with one attached hydrogen (secondary N) is 2. The number of anilines is 3. The molecule has 0 saturated carbocycles. The number of hydrogen-bond acceptors (Lipinski definition) is 5. The molecule has 0 spiro atoms. The van der Waals surface area contributed by atoms with Gasteiger partial charge in [-0.3, -0.25) is 13.8 Å². The van der Waals surface area contributed by atoms with Crippen LogP contribution < -0.4 is 14.3 Å². The predicted octanol–water partition coefficient (Wildman–Crippen LogP) is 5.39. The molecule has 4 aromatic rings. The summed E-state index contributed by atoms with van der Waals surface area (Å²) in [5, 5.41) is 2.60. The Bertz CT molecular complexity index is 1720. The number of carbonyl (C=O) groups is 1. The number of rotatable bonds is 9. The normalized spacial score (nSPS) is 11.6. The van der Waals surface area contributed by atoms with E-state index in [1.54, 1.807) is 38.1 Å². The largest absolute Gasteiger partial charge is 0.325 e. The summed E-state index contributed by atoms with van der Waals surface area (Å²) in [4.78, 5) is 12.9. The lowest BCUT2D eigenvalue weighted by Gasteiger charge is -2.24. The van der Waals surface area contributed by atoms with Gasteiger partial charge in [0.2, 0.25) is 5.91 Å². The molecule has 40 heavy (non-hydrogen) atoms. The van der Waals surface area contributed by atoms with Crippen molar-refractivity contribution in [3.05, 3.63) is 114 Å². The third kappa shape index (κ3) is 6.49. The summed E-state index contributed by atoms with van der Waals surface area (Å²) in [7, 11) is -8.07. The Morgan fingerprint density at radius 2 is 1.30 bits per heavy atom. The quantitative estimate of drug-likeness (QED) is 0.275. The molecule has 0 bridgehead atoms. The zero-order valence-electron chi connectivity index (χ0n) is 22.1. The first-order chi connectivity index (χ1) is 18.9. The van der Waals surface area contributed by atoms with E-state index in [9.17, 15) is 26.0 Å². The van der Waals surface area contributed by atoms with Gasteiger partial charge in [0, 0.05) is 5.69 Å². The number of benzene rings is 4. The van der Waals surface area contributed by atoms with E-state index < -0.39 is 38.3 Å². The predicted molar refractivity (Wildman–Crippen MR) is 154 cm³/mol. The van der Waals surface area contributed by atoms with Gasteiger partial charge >= 0.3 is 0 Å². The molecule has 208 valence electrons. The van der Waals surface area contributed by atoms with E-state index in [1.165, 1.54) is 48.5 Å². The summed E-state index contributed by atoms with van der Waals surface area (Å²) in [5.74, 6) is -1.23. The number of hydrogen-bond donors (Lipinski definition) is 2. The third-order valence-corrected chi connectivity index (χ3v) is 9.33. The molecule has 4 aromatic carbocycles. The number of carbonyl (C=O) groups excluding carboxylic acids is 1. The van der Waals surface area contributed by atoms with E-state index in [2.05, 4.69) is 10.0 Å². The first kappa shape index (κ1) is 28.8. The third-order valence-electron chi connectivity index (χ3n) is 6.18. The van der Waals surface area contributed by atoms with Gasteiger partial charge < -0.3 is 5.32 Å². The van der Waals surface area contributed by atoms with Gasteiger partial charge in [-0.05, 0) is 92.6 Å². The van der Waals surface area contributed by atoms with Gasteiger partial charge in [-0.2, -0.15) is 0 Å². The number of halogens is 1. The van der Waals surface area contributed by atoms with Crippen LogP contribution in [0.3, 0.4) is 0 Å². The van der Waals surface area contributed by atoms with Crippen molar-refractivity contribution in [1.29, 1.82) is 0 Å². The average Bonchev–Trinajstić information content (AvgIpc) is 2.91. The van der Waals surface area contributed by atoms with Crippen molar-refractivity contribution < 1.29 is 26.0 Å². The van der Waals surface area contributed by atoms with Crippen LogP contribution in [0.4, 0.5) is 21.5 Å². The van der Waals surface area contributed by atoms with E-state index in [-0.39, 0.29) is 21.2 Å². The number of aryl methyl sites for hydroxylation is 3. The van der Waals surface area contributed by atoms with Crippen LogP contribution >= 0.6 is 0 Å². The van der Waals surface area contributed by atoms with Crippen molar-refractivity contribution in [2.24, 2.45) is 0 Å². The summed E-state index contributed by atoms with van der Waals surface area (Å²) in [6.07, 6.45) is 0. The van der Waals surface area contributed by atoms with Gasteiger partial charge in [-0.15, -0.1) is 0 Å². The van der Waals surface area contributed by atoms with Crippen molar-refractivity contribution >= 4 is 43.0 Å². The van der Waals surface area contributed by atoms with Crippen molar-refractivity contribution in [2.45, 2.75) is 30.6 Å². The van der Waals surface area contributed by atoms with Gasteiger partial charge in [-0.1, -0.05) is 35.9 Å². The highest BCUT2D eigenvalue weighted by Crippen LogP contribution is 2.26. The first-order valence-electron chi connectivity index (χ1n) is 12.2. The molecule has 0 heterocycles. The van der Waals surface area contributed by atoms with E-state index in [0.717, 1.165) is 33.1 Å². The molecule has 0 fully saturated rings. The minimum Gasteiger partial charge on any atom is -0.325 e. The minimum atomic E-state index is -4.17. The Morgan fingerprint density at radius 3 is 1.88 bits per heavy atom. The molecule has 1 amide bonds. The fourth-order valence-electron chi connectivity index (χ4n) is 3.98. The fourth-order valence-corrected chi connectivity index (χ4v) is 6.60. The summed E-state index contributed by atoms with van der Waals surface area (Å²) in [6.45, 7) is 4.82. The van der Waals surface area contributed by atoms with E-state index >= 15 is 0 Å². The molecule has 0 aliphatic heterocycles. The molecule has 8 nitrogen and oxygen atoms in total. The zero-order valence-corrected chi connectivity index (χ0v) is 23.7. The molecular formula is C29H28FN3O5S2. The SMILES string of the molecule is Cc1ccc(S(=O)(=O)N(CC(=O)Nc2ccc(S(=O)(=O)Nc3c(C)cccc3C)cc2)c2ccc(F)cc2)cc1. The second-order valence-corrected chi connectivity index (χ2v) is 12.8. The molecule has 0 saturated heterocycles. The van der Waals surface area contributed by atoms with Crippen molar-refractivity contribution in [1.82, 2.24) is 0 Å². The Kier molecular flexibility index (Phi) is 8.26.